The summed E-state index contributed by atoms with van der Waals surface area (Å²) in [7, 11) is 0. The summed E-state index contributed by atoms with van der Waals surface area (Å²) in [5, 5.41) is 4.25. The Morgan fingerprint density at radius 1 is 1.28 bits per heavy atom. The number of thiophene rings is 1. The average Bonchev–Trinajstić information content (AvgIpc) is 3.52. The average molecular weight is 468 g/mol. The molecule has 1 aromatic carbocycles. The van der Waals surface area contributed by atoms with Crippen LogP contribution in [-0.4, -0.2) is 26.8 Å². The van der Waals surface area contributed by atoms with Gasteiger partial charge in [-0.1, -0.05) is 49.0 Å². The Labute approximate surface area is 196 Å². The Kier molecular flexibility index (Phi) is 6.12. The van der Waals surface area contributed by atoms with E-state index >= 15 is 0 Å². The molecule has 168 valence electrons. The first-order valence-electron chi connectivity index (χ1n) is 11.6. The van der Waals surface area contributed by atoms with Gasteiger partial charge in [0.2, 0.25) is 5.91 Å². The Hall–Kier alpha value is -2.12. The smallest absolute Gasteiger partial charge is 0.263 e. The molecule has 2 aliphatic rings. The lowest BCUT2D eigenvalue weighted by molar-refractivity contribution is -0.120. The van der Waals surface area contributed by atoms with E-state index in [1.165, 1.54) is 27.8 Å². The van der Waals surface area contributed by atoms with E-state index in [9.17, 15) is 9.59 Å². The second-order valence-corrected chi connectivity index (χ2v) is 11.6. The SMILES string of the molecule is CC1CCc2c(sc3nc(SC(C)C(=O)NC4CC4)n(CCc4ccccc4)c(=O)c23)C1. The summed E-state index contributed by atoms with van der Waals surface area (Å²) < 4.78 is 1.81. The van der Waals surface area contributed by atoms with Crippen molar-refractivity contribution in [2.45, 2.75) is 75.4 Å². The third-order valence-corrected chi connectivity index (χ3v) is 8.66. The van der Waals surface area contributed by atoms with Crippen LogP contribution in [-0.2, 0) is 30.6 Å². The van der Waals surface area contributed by atoms with Crippen LogP contribution in [0, 0.1) is 5.92 Å². The van der Waals surface area contributed by atoms with E-state index in [0.29, 0.717) is 23.7 Å². The fourth-order valence-corrected chi connectivity index (χ4v) is 6.70. The number of hydrogen-bond acceptors (Lipinski definition) is 5. The number of benzene rings is 1. The number of hydrogen-bond donors (Lipinski definition) is 1. The van der Waals surface area contributed by atoms with Crippen molar-refractivity contribution in [1.82, 2.24) is 14.9 Å². The van der Waals surface area contributed by atoms with Gasteiger partial charge in [-0.05, 0) is 62.5 Å². The van der Waals surface area contributed by atoms with E-state index < -0.39 is 0 Å². The topological polar surface area (TPSA) is 64.0 Å². The van der Waals surface area contributed by atoms with Gasteiger partial charge in [0.05, 0.1) is 10.6 Å². The maximum Gasteiger partial charge on any atom is 0.263 e. The number of nitrogens with zero attached hydrogens (tertiary/aromatic N) is 2. The van der Waals surface area contributed by atoms with Gasteiger partial charge in [0, 0.05) is 17.5 Å². The minimum absolute atomic E-state index is 0.0285. The van der Waals surface area contributed by atoms with Gasteiger partial charge in [-0.15, -0.1) is 11.3 Å². The van der Waals surface area contributed by atoms with Crippen molar-refractivity contribution in [3.05, 3.63) is 56.7 Å². The summed E-state index contributed by atoms with van der Waals surface area (Å²) in [6.45, 7) is 4.74. The molecule has 2 heterocycles. The monoisotopic (exact) mass is 467 g/mol. The van der Waals surface area contributed by atoms with Crippen LogP contribution in [0.1, 0.15) is 49.1 Å². The zero-order chi connectivity index (χ0) is 22.2. The third kappa shape index (κ3) is 4.50. The number of carbonyl (C=O) groups is 1. The molecule has 2 unspecified atom stereocenters. The highest BCUT2D eigenvalue weighted by Crippen LogP contribution is 2.37. The highest BCUT2D eigenvalue weighted by molar-refractivity contribution is 8.00. The number of amides is 1. The molecule has 2 atom stereocenters. The van der Waals surface area contributed by atoms with Crippen molar-refractivity contribution < 1.29 is 4.79 Å². The van der Waals surface area contributed by atoms with Gasteiger partial charge in [0.15, 0.2) is 5.16 Å². The first-order valence-corrected chi connectivity index (χ1v) is 13.2. The molecule has 0 saturated heterocycles. The predicted octanol–water partition coefficient (Wildman–Crippen LogP) is 4.58. The van der Waals surface area contributed by atoms with Crippen LogP contribution in [0.15, 0.2) is 40.3 Å². The highest BCUT2D eigenvalue weighted by atomic mass is 32.2. The molecule has 0 bridgehead atoms. The van der Waals surface area contributed by atoms with Gasteiger partial charge >= 0.3 is 0 Å². The molecule has 2 aliphatic carbocycles. The van der Waals surface area contributed by atoms with Crippen LogP contribution >= 0.6 is 23.1 Å². The van der Waals surface area contributed by atoms with Gasteiger partial charge in [0.1, 0.15) is 4.83 Å². The molecule has 0 aliphatic heterocycles. The molecule has 5 rings (SSSR count). The number of fused-ring (bicyclic) bond motifs is 3. The number of thioether (sulfide) groups is 1. The zero-order valence-corrected chi connectivity index (χ0v) is 20.2. The van der Waals surface area contributed by atoms with Crippen molar-refractivity contribution in [2.75, 3.05) is 0 Å². The molecule has 32 heavy (non-hydrogen) atoms. The summed E-state index contributed by atoms with van der Waals surface area (Å²) >= 11 is 3.08. The van der Waals surface area contributed by atoms with Crippen molar-refractivity contribution in [3.63, 3.8) is 0 Å². The predicted molar refractivity (Wildman–Crippen MR) is 132 cm³/mol. The highest BCUT2D eigenvalue weighted by Gasteiger charge is 2.28. The molecule has 1 fully saturated rings. The van der Waals surface area contributed by atoms with Gasteiger partial charge < -0.3 is 5.32 Å². The van der Waals surface area contributed by atoms with Gasteiger partial charge in [-0.2, -0.15) is 0 Å². The Morgan fingerprint density at radius 2 is 2.06 bits per heavy atom. The molecular weight excluding hydrogens is 438 g/mol. The van der Waals surface area contributed by atoms with Gasteiger partial charge in [-0.3, -0.25) is 14.2 Å². The van der Waals surface area contributed by atoms with Crippen molar-refractivity contribution in [3.8, 4) is 0 Å². The number of aromatic nitrogens is 2. The van der Waals surface area contributed by atoms with Gasteiger partial charge in [0.25, 0.3) is 5.56 Å². The minimum atomic E-state index is -0.294. The number of rotatable bonds is 7. The normalized spacial score (nSPS) is 19.0. The molecular formula is C25H29N3O2S2. The van der Waals surface area contributed by atoms with E-state index in [4.69, 9.17) is 4.98 Å². The first kappa shape index (κ1) is 21.7. The fraction of sp³-hybridized carbons (Fsp3) is 0.480. The van der Waals surface area contributed by atoms with Crippen molar-refractivity contribution in [2.24, 2.45) is 5.92 Å². The van der Waals surface area contributed by atoms with E-state index in [0.717, 1.165) is 48.7 Å². The molecule has 1 N–H and O–H groups in total. The van der Waals surface area contributed by atoms with E-state index in [2.05, 4.69) is 24.4 Å². The van der Waals surface area contributed by atoms with Crippen LogP contribution in [0.5, 0.6) is 0 Å². The van der Waals surface area contributed by atoms with Gasteiger partial charge in [-0.25, -0.2) is 4.98 Å². The molecule has 7 heteroatoms. The molecule has 0 spiro atoms. The quantitative estimate of drug-likeness (QED) is 0.408. The second kappa shape index (κ2) is 9.02. The maximum atomic E-state index is 13.7. The Bertz CT molecular complexity index is 1200. The molecule has 1 amide bonds. The van der Waals surface area contributed by atoms with Crippen LogP contribution in [0.3, 0.4) is 0 Å². The Morgan fingerprint density at radius 3 is 2.81 bits per heavy atom. The number of carbonyl (C=O) groups excluding carboxylic acids is 1. The van der Waals surface area contributed by atoms with E-state index in [1.807, 2.05) is 29.7 Å². The van der Waals surface area contributed by atoms with Crippen LogP contribution in [0.2, 0.25) is 0 Å². The first-order chi connectivity index (χ1) is 15.5. The minimum Gasteiger partial charge on any atom is -0.352 e. The molecule has 3 aromatic rings. The van der Waals surface area contributed by atoms with Crippen LogP contribution in [0.4, 0.5) is 0 Å². The lowest BCUT2D eigenvalue weighted by Gasteiger charge is -2.18. The Balaban J connectivity index is 1.51. The lowest BCUT2D eigenvalue weighted by atomic mass is 9.89. The second-order valence-electron chi connectivity index (χ2n) is 9.16. The fourth-order valence-electron chi connectivity index (χ4n) is 4.34. The lowest BCUT2D eigenvalue weighted by Crippen LogP contribution is -2.33. The molecule has 1 saturated carbocycles. The molecule has 0 radical (unpaired) electrons. The molecule has 2 aromatic heterocycles. The summed E-state index contributed by atoms with van der Waals surface area (Å²) in [5.74, 6) is 0.677. The van der Waals surface area contributed by atoms with Crippen molar-refractivity contribution >= 4 is 39.2 Å². The summed E-state index contributed by atoms with van der Waals surface area (Å²) in [6, 6.07) is 10.6. The van der Waals surface area contributed by atoms with Crippen LogP contribution in [0.25, 0.3) is 10.2 Å². The third-order valence-electron chi connectivity index (χ3n) is 6.42. The van der Waals surface area contributed by atoms with Crippen LogP contribution < -0.4 is 10.9 Å². The van der Waals surface area contributed by atoms with E-state index in [1.54, 1.807) is 11.3 Å². The summed E-state index contributed by atoms with van der Waals surface area (Å²) in [4.78, 5) is 33.4. The summed E-state index contributed by atoms with van der Waals surface area (Å²) in [5.41, 5.74) is 2.46. The number of nitrogens with one attached hydrogen (secondary N) is 1. The largest absolute Gasteiger partial charge is 0.352 e. The number of aryl methyl sites for hydroxylation is 2. The molecule has 5 nitrogen and oxygen atoms in total. The maximum absolute atomic E-state index is 13.7. The van der Waals surface area contributed by atoms with Crippen molar-refractivity contribution in [1.29, 1.82) is 0 Å². The zero-order valence-electron chi connectivity index (χ0n) is 18.6. The standard InChI is InChI=1S/C25H29N3O2S2/c1-15-8-11-19-20(14-15)32-23-21(19)24(30)28(13-12-17-6-4-3-5-7-17)25(27-23)31-16(2)22(29)26-18-9-10-18/h3-7,15-16,18H,8-14H2,1-2H3,(H,26,29). The summed E-state index contributed by atoms with van der Waals surface area (Å²) in [6.07, 6.45) is 5.99. The van der Waals surface area contributed by atoms with E-state index in [-0.39, 0.29) is 16.7 Å².